The Morgan fingerprint density at radius 1 is 1.00 bits per heavy atom. The molecule has 0 bridgehead atoms. The van der Waals surface area contributed by atoms with Crippen LogP contribution < -0.4 is 10.1 Å². The third-order valence-corrected chi connectivity index (χ3v) is 4.78. The first-order chi connectivity index (χ1) is 12.7. The van der Waals surface area contributed by atoms with Crippen molar-refractivity contribution in [3.63, 3.8) is 0 Å². The number of fused-ring (bicyclic) bond motifs is 1. The molecule has 1 atom stereocenters. The Labute approximate surface area is 157 Å². The Kier molecular flexibility index (Phi) is 4.63. The van der Waals surface area contributed by atoms with Crippen molar-refractivity contribution >= 4 is 23.1 Å². The van der Waals surface area contributed by atoms with Gasteiger partial charge in [0.15, 0.2) is 5.78 Å². The van der Waals surface area contributed by atoms with Crippen molar-refractivity contribution in [3.8, 4) is 5.75 Å². The monoisotopic (exact) mass is 363 g/mol. The summed E-state index contributed by atoms with van der Waals surface area (Å²) in [4.78, 5) is 12.4. The maximum atomic E-state index is 12.4. The molecular weight excluding hydrogens is 346 g/mol. The van der Waals surface area contributed by atoms with Crippen LogP contribution in [0.5, 0.6) is 5.75 Å². The number of rotatable bonds is 4. The summed E-state index contributed by atoms with van der Waals surface area (Å²) in [6.07, 6.45) is 0.442. The van der Waals surface area contributed by atoms with E-state index in [1.807, 2.05) is 72.8 Å². The smallest absolute Gasteiger partial charge is 0.167 e. The number of nitrogens with one attached hydrogen (secondary N) is 1. The molecule has 0 fully saturated rings. The van der Waals surface area contributed by atoms with Gasteiger partial charge in [0, 0.05) is 22.7 Å². The first-order valence-corrected chi connectivity index (χ1v) is 8.93. The Balaban J connectivity index is 1.49. The van der Waals surface area contributed by atoms with Crippen molar-refractivity contribution < 1.29 is 9.53 Å². The molecule has 130 valence electrons. The average molecular weight is 364 g/mol. The first kappa shape index (κ1) is 16.7. The van der Waals surface area contributed by atoms with E-state index in [4.69, 9.17) is 16.3 Å². The van der Waals surface area contributed by atoms with Crippen LogP contribution >= 0.6 is 11.6 Å². The molecule has 1 heterocycles. The van der Waals surface area contributed by atoms with Crippen molar-refractivity contribution in [2.75, 3.05) is 5.32 Å². The van der Waals surface area contributed by atoms with Crippen LogP contribution in [0, 0.1) is 0 Å². The highest BCUT2D eigenvalue weighted by Gasteiger charge is 2.25. The molecule has 0 saturated carbocycles. The molecule has 3 aromatic carbocycles. The molecule has 0 amide bonds. The number of halogens is 1. The van der Waals surface area contributed by atoms with E-state index in [1.165, 1.54) is 0 Å². The van der Waals surface area contributed by atoms with Crippen LogP contribution in [-0.2, 0) is 6.61 Å². The molecule has 3 nitrogen and oxygen atoms in total. The number of carbonyl (C=O) groups excluding carboxylic acids is 1. The summed E-state index contributed by atoms with van der Waals surface area (Å²) in [5, 5.41) is 4.17. The summed E-state index contributed by atoms with van der Waals surface area (Å²) < 4.78 is 5.90. The van der Waals surface area contributed by atoms with E-state index in [-0.39, 0.29) is 11.8 Å². The van der Waals surface area contributed by atoms with Gasteiger partial charge in [-0.05, 0) is 47.5 Å². The van der Waals surface area contributed by atoms with Gasteiger partial charge < -0.3 is 10.1 Å². The molecule has 1 N–H and O–H groups in total. The molecule has 0 aliphatic carbocycles. The van der Waals surface area contributed by atoms with E-state index < -0.39 is 0 Å². The van der Waals surface area contributed by atoms with Gasteiger partial charge in [-0.1, -0.05) is 48.0 Å². The van der Waals surface area contributed by atoms with Gasteiger partial charge >= 0.3 is 0 Å². The standard InChI is InChI=1S/C22H18ClNO2/c23-17-10-8-15(9-11-17)14-26-18-5-3-4-16(12-18)21-13-22(25)19-6-1-2-7-20(19)24-21/h1-12,21,24H,13-14H2. The van der Waals surface area contributed by atoms with E-state index in [2.05, 4.69) is 5.32 Å². The topological polar surface area (TPSA) is 38.3 Å². The zero-order valence-electron chi connectivity index (χ0n) is 14.1. The lowest BCUT2D eigenvalue weighted by Crippen LogP contribution is -2.22. The molecule has 1 unspecified atom stereocenters. The van der Waals surface area contributed by atoms with Gasteiger partial charge in [0.2, 0.25) is 0 Å². The molecule has 0 spiro atoms. The number of hydrogen-bond acceptors (Lipinski definition) is 3. The van der Waals surface area contributed by atoms with Crippen molar-refractivity contribution in [2.45, 2.75) is 19.1 Å². The van der Waals surface area contributed by atoms with Crippen LogP contribution in [0.4, 0.5) is 5.69 Å². The summed E-state index contributed by atoms with van der Waals surface area (Å²) in [6.45, 7) is 0.473. The van der Waals surface area contributed by atoms with Gasteiger partial charge in [-0.3, -0.25) is 4.79 Å². The third-order valence-electron chi connectivity index (χ3n) is 4.53. The quantitative estimate of drug-likeness (QED) is 0.650. The predicted octanol–water partition coefficient (Wildman–Crippen LogP) is 5.66. The minimum Gasteiger partial charge on any atom is -0.489 e. The number of para-hydroxylation sites is 1. The number of Topliss-reactive ketones (excluding diaryl/α,β-unsaturated/α-hetero) is 1. The van der Waals surface area contributed by atoms with Crippen molar-refractivity contribution in [2.24, 2.45) is 0 Å². The van der Waals surface area contributed by atoms with Crippen LogP contribution in [0.2, 0.25) is 5.02 Å². The zero-order chi connectivity index (χ0) is 17.9. The van der Waals surface area contributed by atoms with Crippen LogP contribution in [-0.4, -0.2) is 5.78 Å². The van der Waals surface area contributed by atoms with Gasteiger partial charge in [-0.2, -0.15) is 0 Å². The van der Waals surface area contributed by atoms with Gasteiger partial charge in [0.1, 0.15) is 12.4 Å². The molecule has 0 aromatic heterocycles. The second-order valence-electron chi connectivity index (χ2n) is 6.36. The van der Waals surface area contributed by atoms with E-state index in [0.717, 1.165) is 28.1 Å². The number of anilines is 1. The molecule has 1 aliphatic heterocycles. The summed E-state index contributed by atoms with van der Waals surface area (Å²) in [7, 11) is 0. The Morgan fingerprint density at radius 2 is 1.81 bits per heavy atom. The van der Waals surface area contributed by atoms with Crippen LogP contribution in [0.1, 0.15) is 33.9 Å². The van der Waals surface area contributed by atoms with Gasteiger partial charge in [0.25, 0.3) is 0 Å². The highest BCUT2D eigenvalue weighted by Crippen LogP contribution is 2.33. The van der Waals surface area contributed by atoms with Gasteiger partial charge in [0.05, 0.1) is 6.04 Å². The van der Waals surface area contributed by atoms with Crippen LogP contribution in [0.15, 0.2) is 72.8 Å². The van der Waals surface area contributed by atoms with Crippen molar-refractivity contribution in [1.82, 2.24) is 0 Å². The largest absolute Gasteiger partial charge is 0.489 e. The maximum Gasteiger partial charge on any atom is 0.167 e. The lowest BCUT2D eigenvalue weighted by molar-refractivity contribution is 0.0972. The zero-order valence-corrected chi connectivity index (χ0v) is 14.9. The SMILES string of the molecule is O=C1CC(c2cccc(OCc3ccc(Cl)cc3)c2)Nc2ccccc21. The van der Waals surface area contributed by atoms with Crippen LogP contribution in [0.25, 0.3) is 0 Å². The lowest BCUT2D eigenvalue weighted by Gasteiger charge is -2.26. The Morgan fingerprint density at radius 3 is 2.65 bits per heavy atom. The van der Waals surface area contributed by atoms with E-state index in [1.54, 1.807) is 0 Å². The second kappa shape index (κ2) is 7.22. The minimum atomic E-state index is -0.0449. The molecule has 0 radical (unpaired) electrons. The summed E-state index contributed by atoms with van der Waals surface area (Å²) >= 11 is 5.91. The molecular formula is C22H18ClNO2. The normalized spacial score (nSPS) is 15.9. The number of ketones is 1. The number of carbonyl (C=O) groups is 1. The molecule has 26 heavy (non-hydrogen) atoms. The fourth-order valence-corrected chi connectivity index (χ4v) is 3.28. The van der Waals surface area contributed by atoms with Gasteiger partial charge in [-0.15, -0.1) is 0 Å². The second-order valence-corrected chi connectivity index (χ2v) is 6.79. The van der Waals surface area contributed by atoms with E-state index in [9.17, 15) is 4.79 Å². The van der Waals surface area contributed by atoms with Crippen LogP contribution in [0.3, 0.4) is 0 Å². The third kappa shape index (κ3) is 3.58. The molecule has 4 heteroatoms. The first-order valence-electron chi connectivity index (χ1n) is 8.55. The summed E-state index contributed by atoms with van der Waals surface area (Å²) in [5.41, 5.74) is 3.75. The number of benzene rings is 3. The highest BCUT2D eigenvalue weighted by atomic mass is 35.5. The number of hydrogen-bond donors (Lipinski definition) is 1. The molecule has 4 rings (SSSR count). The van der Waals surface area contributed by atoms with Crippen molar-refractivity contribution in [3.05, 3.63) is 94.5 Å². The van der Waals surface area contributed by atoms with E-state index in [0.29, 0.717) is 18.1 Å². The summed E-state index contributed by atoms with van der Waals surface area (Å²) in [5.74, 6) is 0.947. The lowest BCUT2D eigenvalue weighted by atomic mass is 9.92. The highest BCUT2D eigenvalue weighted by molar-refractivity contribution is 6.30. The average Bonchev–Trinajstić information content (AvgIpc) is 2.68. The number of ether oxygens (including phenoxy) is 1. The Hall–Kier alpha value is -2.78. The van der Waals surface area contributed by atoms with Crippen molar-refractivity contribution in [1.29, 1.82) is 0 Å². The maximum absolute atomic E-state index is 12.4. The summed E-state index contributed by atoms with van der Waals surface area (Å²) in [6, 6.07) is 23.1. The minimum absolute atomic E-state index is 0.0449. The molecule has 3 aromatic rings. The van der Waals surface area contributed by atoms with Gasteiger partial charge in [-0.25, -0.2) is 0 Å². The predicted molar refractivity (Wildman–Crippen MR) is 104 cm³/mol. The fraction of sp³-hybridized carbons (Fsp3) is 0.136. The molecule has 0 saturated heterocycles. The molecule has 1 aliphatic rings. The Bertz CT molecular complexity index is 937. The van der Waals surface area contributed by atoms with E-state index >= 15 is 0 Å². The fourth-order valence-electron chi connectivity index (χ4n) is 3.16.